The first kappa shape index (κ1) is 18.9. The number of hydroxylamine groups is 2. The highest BCUT2D eigenvalue weighted by Crippen LogP contribution is 2.26. The molecule has 6 nitrogen and oxygen atoms in total. The number of rotatable bonds is 6. The maximum atomic E-state index is 12.3. The second-order valence-corrected chi connectivity index (χ2v) is 7.32. The van der Waals surface area contributed by atoms with Gasteiger partial charge in [-0.05, 0) is 30.7 Å². The largest absolute Gasteiger partial charge is 0.368 e. The van der Waals surface area contributed by atoms with E-state index >= 15 is 0 Å². The molecular weight excluding hydrogens is 378 g/mol. The fourth-order valence-electron chi connectivity index (χ4n) is 3.65. The van der Waals surface area contributed by atoms with Crippen molar-refractivity contribution in [2.24, 2.45) is 0 Å². The third-order valence-corrected chi connectivity index (χ3v) is 5.48. The summed E-state index contributed by atoms with van der Waals surface area (Å²) in [6.45, 7) is 4.91. The van der Waals surface area contributed by atoms with Gasteiger partial charge < -0.3 is 4.90 Å². The van der Waals surface area contributed by atoms with Gasteiger partial charge >= 0.3 is 0 Å². The Balaban J connectivity index is 1.21. The van der Waals surface area contributed by atoms with Crippen molar-refractivity contribution < 1.29 is 14.4 Å². The molecule has 0 spiro atoms. The van der Waals surface area contributed by atoms with Crippen LogP contribution in [0.2, 0.25) is 5.02 Å². The quantitative estimate of drug-likeness (QED) is 0.552. The van der Waals surface area contributed by atoms with Gasteiger partial charge in [-0.15, -0.1) is 5.06 Å². The number of hydrogen-bond donors (Lipinski definition) is 0. The molecule has 2 aliphatic rings. The van der Waals surface area contributed by atoms with Gasteiger partial charge in [0.1, 0.15) is 0 Å². The molecule has 28 heavy (non-hydrogen) atoms. The van der Waals surface area contributed by atoms with Gasteiger partial charge in [0.15, 0.2) is 0 Å². The van der Waals surface area contributed by atoms with Crippen molar-refractivity contribution in [1.29, 1.82) is 0 Å². The predicted octanol–water partition coefficient (Wildman–Crippen LogP) is 3.08. The smallest absolute Gasteiger partial charge is 0.285 e. The van der Waals surface area contributed by atoms with E-state index in [1.165, 1.54) is 0 Å². The van der Waals surface area contributed by atoms with Crippen molar-refractivity contribution in [2.75, 3.05) is 44.2 Å². The molecule has 2 amide bonds. The van der Waals surface area contributed by atoms with Crippen LogP contribution in [0.25, 0.3) is 0 Å². The lowest BCUT2D eigenvalue weighted by Crippen LogP contribution is -2.47. The highest BCUT2D eigenvalue weighted by molar-refractivity contribution is 6.33. The summed E-state index contributed by atoms with van der Waals surface area (Å²) in [4.78, 5) is 34.7. The molecule has 2 aromatic carbocycles. The van der Waals surface area contributed by atoms with E-state index in [1.807, 2.05) is 24.3 Å². The van der Waals surface area contributed by atoms with Crippen LogP contribution in [0.15, 0.2) is 48.5 Å². The number of carbonyl (C=O) groups excluding carboxylic acids is 2. The Morgan fingerprint density at radius 3 is 2.11 bits per heavy atom. The van der Waals surface area contributed by atoms with Gasteiger partial charge in [0.2, 0.25) is 0 Å². The molecule has 7 heteroatoms. The number of hydrogen-bond acceptors (Lipinski definition) is 5. The van der Waals surface area contributed by atoms with Gasteiger partial charge in [-0.3, -0.25) is 19.3 Å². The van der Waals surface area contributed by atoms with Crippen molar-refractivity contribution >= 4 is 29.1 Å². The summed E-state index contributed by atoms with van der Waals surface area (Å²) in [5, 5.41) is 1.67. The number of carbonyl (C=O) groups is 2. The maximum Gasteiger partial charge on any atom is 0.285 e. The van der Waals surface area contributed by atoms with Crippen LogP contribution in [-0.2, 0) is 4.84 Å². The Morgan fingerprint density at radius 1 is 0.857 bits per heavy atom. The lowest BCUT2D eigenvalue weighted by atomic mass is 10.1. The Bertz CT molecular complexity index is 846. The van der Waals surface area contributed by atoms with Crippen molar-refractivity contribution in [3.05, 3.63) is 64.7 Å². The first-order valence-electron chi connectivity index (χ1n) is 9.48. The molecule has 0 atom stereocenters. The topological polar surface area (TPSA) is 53.1 Å². The average molecular weight is 400 g/mol. The first-order chi connectivity index (χ1) is 13.6. The summed E-state index contributed by atoms with van der Waals surface area (Å²) in [6.07, 6.45) is 0.750. The molecule has 2 aliphatic heterocycles. The summed E-state index contributed by atoms with van der Waals surface area (Å²) in [7, 11) is 0. The molecule has 1 saturated heterocycles. The summed E-state index contributed by atoms with van der Waals surface area (Å²) in [5.41, 5.74) is 1.89. The zero-order valence-corrected chi connectivity index (χ0v) is 16.3. The number of halogens is 1. The third kappa shape index (κ3) is 3.76. The Labute approximate surface area is 169 Å². The number of nitrogens with zero attached hydrogens (tertiary/aromatic N) is 3. The van der Waals surface area contributed by atoms with Crippen molar-refractivity contribution in [3.63, 3.8) is 0 Å². The number of fused-ring (bicyclic) bond motifs is 1. The Hall–Kier alpha value is -2.41. The molecular formula is C21H22ClN3O3. The predicted molar refractivity (Wildman–Crippen MR) is 108 cm³/mol. The lowest BCUT2D eigenvalue weighted by molar-refractivity contribution is -0.0930. The second kappa shape index (κ2) is 8.31. The summed E-state index contributed by atoms with van der Waals surface area (Å²) < 4.78 is 0. The SMILES string of the molecule is O=C1c2ccccc2C(=O)N1OCCCN1CCN(c2ccccc2Cl)CC1. The molecule has 0 radical (unpaired) electrons. The second-order valence-electron chi connectivity index (χ2n) is 6.92. The van der Waals surface area contributed by atoms with Gasteiger partial charge in [0.25, 0.3) is 11.8 Å². The lowest BCUT2D eigenvalue weighted by Gasteiger charge is -2.36. The summed E-state index contributed by atoms with van der Waals surface area (Å²) >= 11 is 6.28. The minimum Gasteiger partial charge on any atom is -0.368 e. The zero-order chi connectivity index (χ0) is 19.5. The number of anilines is 1. The number of imide groups is 1. The van der Waals surface area contributed by atoms with Crippen LogP contribution in [0, 0.1) is 0 Å². The molecule has 146 valence electrons. The first-order valence-corrected chi connectivity index (χ1v) is 9.85. The van der Waals surface area contributed by atoms with E-state index in [2.05, 4.69) is 9.80 Å². The minimum absolute atomic E-state index is 0.330. The van der Waals surface area contributed by atoms with Crippen molar-refractivity contribution in [3.8, 4) is 0 Å². The van der Waals surface area contributed by atoms with Crippen LogP contribution < -0.4 is 4.90 Å². The normalized spacial score (nSPS) is 17.3. The van der Waals surface area contributed by atoms with Gasteiger partial charge in [0.05, 0.1) is 28.4 Å². The van der Waals surface area contributed by atoms with Crippen LogP contribution >= 0.6 is 11.6 Å². The van der Waals surface area contributed by atoms with Crippen LogP contribution in [0.3, 0.4) is 0 Å². The van der Waals surface area contributed by atoms with E-state index in [-0.39, 0.29) is 11.8 Å². The van der Waals surface area contributed by atoms with Gasteiger partial charge in [-0.1, -0.05) is 35.9 Å². The molecule has 1 fully saturated rings. The van der Waals surface area contributed by atoms with Gasteiger partial charge in [-0.25, -0.2) is 0 Å². The highest BCUT2D eigenvalue weighted by atomic mass is 35.5. The molecule has 0 N–H and O–H groups in total. The molecule has 0 aromatic heterocycles. The van der Waals surface area contributed by atoms with Gasteiger partial charge in [0, 0.05) is 32.7 Å². The number of amides is 2. The maximum absolute atomic E-state index is 12.3. The van der Waals surface area contributed by atoms with Crippen molar-refractivity contribution in [2.45, 2.75) is 6.42 Å². The minimum atomic E-state index is -0.381. The van der Waals surface area contributed by atoms with Crippen LogP contribution in [0.1, 0.15) is 27.1 Å². The van der Waals surface area contributed by atoms with E-state index in [0.717, 1.165) is 54.9 Å². The van der Waals surface area contributed by atoms with E-state index < -0.39 is 0 Å². The Kier molecular flexibility index (Phi) is 5.62. The molecule has 0 unspecified atom stereocenters. The van der Waals surface area contributed by atoms with Crippen LogP contribution in [0.5, 0.6) is 0 Å². The third-order valence-electron chi connectivity index (χ3n) is 5.16. The van der Waals surface area contributed by atoms with E-state index in [9.17, 15) is 9.59 Å². The fourth-order valence-corrected chi connectivity index (χ4v) is 3.90. The van der Waals surface area contributed by atoms with E-state index in [1.54, 1.807) is 24.3 Å². The Morgan fingerprint density at radius 2 is 1.46 bits per heavy atom. The zero-order valence-electron chi connectivity index (χ0n) is 15.5. The molecule has 4 rings (SSSR count). The average Bonchev–Trinajstić information content (AvgIpc) is 2.97. The molecule has 0 saturated carbocycles. The standard InChI is InChI=1S/C21H22ClN3O3/c22-18-8-3-4-9-19(18)24-13-11-23(12-14-24)10-5-15-28-25-20(26)16-6-1-2-7-17(16)21(25)27/h1-4,6-9H,5,10-15H2. The number of piperazine rings is 1. The number of para-hydroxylation sites is 1. The van der Waals surface area contributed by atoms with E-state index in [4.69, 9.17) is 16.4 Å². The van der Waals surface area contributed by atoms with Crippen molar-refractivity contribution in [1.82, 2.24) is 9.96 Å². The van der Waals surface area contributed by atoms with Crippen LogP contribution in [0.4, 0.5) is 5.69 Å². The monoisotopic (exact) mass is 399 g/mol. The van der Waals surface area contributed by atoms with Crippen LogP contribution in [-0.4, -0.2) is 61.1 Å². The summed E-state index contributed by atoms with van der Waals surface area (Å²) in [6, 6.07) is 14.7. The molecule has 2 aromatic rings. The summed E-state index contributed by atoms with van der Waals surface area (Å²) in [5.74, 6) is -0.761. The molecule has 2 heterocycles. The van der Waals surface area contributed by atoms with E-state index in [0.29, 0.717) is 17.7 Å². The number of benzene rings is 2. The highest BCUT2D eigenvalue weighted by Gasteiger charge is 2.36. The van der Waals surface area contributed by atoms with Gasteiger partial charge in [-0.2, -0.15) is 0 Å². The molecule has 0 aliphatic carbocycles. The fraction of sp³-hybridized carbons (Fsp3) is 0.333. The molecule has 0 bridgehead atoms.